The molecule has 2 aromatic rings. The minimum absolute atomic E-state index is 0.134. The molecule has 0 fully saturated rings. The van der Waals surface area contributed by atoms with Gasteiger partial charge in [0.05, 0.1) is 16.3 Å². The van der Waals surface area contributed by atoms with E-state index in [-0.39, 0.29) is 10.6 Å². The zero-order valence-corrected chi connectivity index (χ0v) is 13.8. The van der Waals surface area contributed by atoms with Crippen LogP contribution in [0.3, 0.4) is 0 Å². The number of nitrogens with one attached hydrogen (secondary N) is 2. The van der Waals surface area contributed by atoms with Crippen molar-refractivity contribution >= 4 is 27.3 Å². The van der Waals surface area contributed by atoms with Crippen molar-refractivity contribution in [3.63, 3.8) is 0 Å². The van der Waals surface area contributed by atoms with Gasteiger partial charge in [-0.3, -0.25) is 9.52 Å². The fraction of sp³-hybridized carbons (Fsp3) is 0.188. The maximum absolute atomic E-state index is 13.6. The van der Waals surface area contributed by atoms with Crippen molar-refractivity contribution in [2.45, 2.75) is 25.7 Å². The maximum atomic E-state index is 13.6. The summed E-state index contributed by atoms with van der Waals surface area (Å²) in [6, 6.07) is 8.65. The number of carbonyl (C=O) groups excluding carboxylic acids is 1. The number of hydrogen-bond donors (Lipinski definition) is 2. The highest BCUT2D eigenvalue weighted by Crippen LogP contribution is 2.25. The van der Waals surface area contributed by atoms with Gasteiger partial charge in [0.1, 0.15) is 5.82 Å². The molecule has 0 saturated heterocycles. The molecule has 0 aliphatic rings. The van der Waals surface area contributed by atoms with Gasteiger partial charge in [-0.25, -0.2) is 12.8 Å². The minimum atomic E-state index is -3.90. The molecule has 0 unspecified atom stereocenters. The fourth-order valence-electron chi connectivity index (χ4n) is 2.13. The third-order valence-electron chi connectivity index (χ3n) is 3.28. The average Bonchev–Trinajstić information content (AvgIpc) is 2.45. The van der Waals surface area contributed by atoms with E-state index in [9.17, 15) is 17.6 Å². The standard InChI is InChI=1S/C16H17FN2O3S/c1-10-5-4-6-11(2)16(10)19-23(21,22)13-7-8-14(17)15(9-13)18-12(3)20/h4-9,19H,1-3H3,(H,18,20). The second kappa shape index (κ2) is 6.37. The van der Waals surface area contributed by atoms with Gasteiger partial charge in [0.2, 0.25) is 5.91 Å². The molecule has 0 heterocycles. The largest absolute Gasteiger partial charge is 0.324 e. The van der Waals surface area contributed by atoms with Crippen molar-refractivity contribution in [2.24, 2.45) is 0 Å². The van der Waals surface area contributed by atoms with Gasteiger partial charge in [0.25, 0.3) is 10.0 Å². The number of rotatable bonds is 4. The van der Waals surface area contributed by atoms with E-state index in [1.165, 1.54) is 6.92 Å². The number of hydrogen-bond acceptors (Lipinski definition) is 3. The number of halogens is 1. The molecule has 0 bridgehead atoms. The van der Waals surface area contributed by atoms with E-state index in [4.69, 9.17) is 0 Å². The number of anilines is 2. The Morgan fingerprint density at radius 2 is 1.70 bits per heavy atom. The highest BCUT2D eigenvalue weighted by Gasteiger charge is 2.18. The first-order valence-corrected chi connectivity index (χ1v) is 8.35. The summed E-state index contributed by atoms with van der Waals surface area (Å²) in [4.78, 5) is 10.9. The first kappa shape index (κ1) is 17.0. The predicted molar refractivity (Wildman–Crippen MR) is 87.4 cm³/mol. The predicted octanol–water partition coefficient (Wildman–Crippen LogP) is 3.20. The number of para-hydroxylation sites is 1. The summed E-state index contributed by atoms with van der Waals surface area (Å²) < 4.78 is 41.2. The summed E-state index contributed by atoms with van der Waals surface area (Å²) >= 11 is 0. The molecule has 2 N–H and O–H groups in total. The van der Waals surface area contributed by atoms with Gasteiger partial charge in [-0.15, -0.1) is 0 Å². The molecule has 2 aromatic carbocycles. The fourth-order valence-corrected chi connectivity index (χ4v) is 3.35. The van der Waals surface area contributed by atoms with Crippen LogP contribution in [-0.2, 0) is 14.8 Å². The van der Waals surface area contributed by atoms with Crippen molar-refractivity contribution < 1.29 is 17.6 Å². The van der Waals surface area contributed by atoms with Gasteiger partial charge in [-0.1, -0.05) is 18.2 Å². The van der Waals surface area contributed by atoms with E-state index < -0.39 is 21.7 Å². The SMILES string of the molecule is CC(=O)Nc1cc(S(=O)(=O)Nc2c(C)cccc2C)ccc1F. The Balaban J connectivity index is 2.42. The Bertz CT molecular complexity index is 843. The van der Waals surface area contributed by atoms with Gasteiger partial charge in [0, 0.05) is 6.92 Å². The highest BCUT2D eigenvalue weighted by molar-refractivity contribution is 7.92. The lowest BCUT2D eigenvalue weighted by molar-refractivity contribution is -0.114. The molecular formula is C16H17FN2O3S. The van der Waals surface area contributed by atoms with E-state index in [2.05, 4.69) is 10.0 Å². The van der Waals surface area contributed by atoms with Crippen LogP contribution < -0.4 is 10.0 Å². The molecule has 0 aliphatic heterocycles. The third-order valence-corrected chi connectivity index (χ3v) is 4.62. The number of benzene rings is 2. The second-order valence-electron chi connectivity index (χ2n) is 5.20. The van der Waals surface area contributed by atoms with Crippen molar-refractivity contribution in [1.29, 1.82) is 0 Å². The highest BCUT2D eigenvalue weighted by atomic mass is 32.2. The van der Waals surface area contributed by atoms with Crippen LogP contribution in [0.15, 0.2) is 41.3 Å². The summed E-state index contributed by atoms with van der Waals surface area (Å²) in [6.45, 7) is 4.80. The lowest BCUT2D eigenvalue weighted by Gasteiger charge is -2.14. The summed E-state index contributed by atoms with van der Waals surface area (Å²) in [5, 5.41) is 2.27. The number of aryl methyl sites for hydroxylation is 2. The molecule has 0 radical (unpaired) electrons. The summed E-state index contributed by atoms with van der Waals surface area (Å²) in [5.41, 5.74) is 1.86. The summed E-state index contributed by atoms with van der Waals surface area (Å²) in [6.07, 6.45) is 0. The molecule has 1 amide bonds. The lowest BCUT2D eigenvalue weighted by atomic mass is 10.1. The van der Waals surface area contributed by atoms with Crippen molar-refractivity contribution in [3.05, 3.63) is 53.3 Å². The van der Waals surface area contributed by atoms with Gasteiger partial charge < -0.3 is 5.32 Å². The molecule has 7 heteroatoms. The minimum Gasteiger partial charge on any atom is -0.324 e. The number of amides is 1. The molecule has 0 aromatic heterocycles. The van der Waals surface area contributed by atoms with Crippen molar-refractivity contribution in [1.82, 2.24) is 0 Å². The number of sulfonamides is 1. The van der Waals surface area contributed by atoms with E-state index in [1.807, 2.05) is 6.07 Å². The summed E-state index contributed by atoms with van der Waals surface area (Å²) in [7, 11) is -3.90. The Kier molecular flexibility index (Phi) is 4.70. The van der Waals surface area contributed by atoms with Crippen LogP contribution in [-0.4, -0.2) is 14.3 Å². The molecule has 0 aliphatic carbocycles. The normalized spacial score (nSPS) is 11.1. The van der Waals surface area contributed by atoms with E-state index >= 15 is 0 Å². The van der Waals surface area contributed by atoms with Crippen LogP contribution >= 0.6 is 0 Å². The van der Waals surface area contributed by atoms with Gasteiger partial charge in [-0.2, -0.15) is 0 Å². The Labute approximate surface area is 134 Å². The third kappa shape index (κ3) is 3.87. The zero-order chi connectivity index (χ0) is 17.2. The smallest absolute Gasteiger partial charge is 0.261 e. The van der Waals surface area contributed by atoms with E-state index in [1.54, 1.807) is 26.0 Å². The first-order valence-electron chi connectivity index (χ1n) is 6.87. The Hall–Kier alpha value is -2.41. The first-order chi connectivity index (χ1) is 10.7. The molecule has 0 spiro atoms. The van der Waals surface area contributed by atoms with Crippen LogP contribution in [0.5, 0.6) is 0 Å². The van der Waals surface area contributed by atoms with Crippen LogP contribution in [0.25, 0.3) is 0 Å². The molecular weight excluding hydrogens is 319 g/mol. The van der Waals surface area contributed by atoms with Crippen LogP contribution in [0.1, 0.15) is 18.1 Å². The second-order valence-corrected chi connectivity index (χ2v) is 6.88. The van der Waals surface area contributed by atoms with Crippen LogP contribution in [0.4, 0.5) is 15.8 Å². The maximum Gasteiger partial charge on any atom is 0.261 e. The van der Waals surface area contributed by atoms with E-state index in [0.29, 0.717) is 5.69 Å². The number of carbonyl (C=O) groups is 1. The molecule has 23 heavy (non-hydrogen) atoms. The van der Waals surface area contributed by atoms with Gasteiger partial charge in [-0.05, 0) is 43.2 Å². The lowest BCUT2D eigenvalue weighted by Crippen LogP contribution is -2.16. The van der Waals surface area contributed by atoms with Gasteiger partial charge >= 0.3 is 0 Å². The van der Waals surface area contributed by atoms with Crippen molar-refractivity contribution in [3.8, 4) is 0 Å². The molecule has 0 atom stereocenters. The topological polar surface area (TPSA) is 75.3 Å². The average molecular weight is 336 g/mol. The van der Waals surface area contributed by atoms with Gasteiger partial charge in [0.15, 0.2) is 0 Å². The zero-order valence-electron chi connectivity index (χ0n) is 13.0. The monoisotopic (exact) mass is 336 g/mol. The Morgan fingerprint density at radius 1 is 1.09 bits per heavy atom. The van der Waals surface area contributed by atoms with Crippen molar-refractivity contribution in [2.75, 3.05) is 10.0 Å². The molecule has 2 rings (SSSR count). The quantitative estimate of drug-likeness (QED) is 0.900. The van der Waals surface area contributed by atoms with E-state index in [0.717, 1.165) is 29.3 Å². The Morgan fingerprint density at radius 3 is 2.26 bits per heavy atom. The molecule has 122 valence electrons. The molecule has 0 saturated carbocycles. The molecule has 5 nitrogen and oxygen atoms in total. The van der Waals surface area contributed by atoms with Crippen LogP contribution in [0.2, 0.25) is 0 Å². The van der Waals surface area contributed by atoms with Crippen LogP contribution in [0, 0.1) is 19.7 Å². The summed E-state index contributed by atoms with van der Waals surface area (Å²) in [5.74, 6) is -1.19.